The highest BCUT2D eigenvalue weighted by Crippen LogP contribution is 2.50. The van der Waals surface area contributed by atoms with Gasteiger partial charge in [0.2, 0.25) is 11.3 Å². The van der Waals surface area contributed by atoms with Gasteiger partial charge in [-0.05, 0) is 10.4 Å². The Morgan fingerprint density at radius 3 is 2.72 bits per heavy atom. The van der Waals surface area contributed by atoms with Crippen LogP contribution in [0.3, 0.4) is 0 Å². The number of fused-ring (bicyclic) bond motifs is 1. The van der Waals surface area contributed by atoms with E-state index in [2.05, 4.69) is 28.2 Å². The number of aliphatic carboxylic acids is 1. The number of nitrogens with zero attached hydrogens (tertiary/aromatic N) is 7. The van der Waals surface area contributed by atoms with Crippen molar-refractivity contribution in [2.75, 3.05) is 17.3 Å². The van der Waals surface area contributed by atoms with Crippen molar-refractivity contribution in [2.45, 2.75) is 23.6 Å². The number of carbonyl (C=O) groups excluding carboxylic acids is 2. The first-order valence-electron chi connectivity index (χ1n) is 9.32. The van der Waals surface area contributed by atoms with Crippen molar-refractivity contribution in [2.24, 2.45) is 12.5 Å². The Kier molecular flexibility index (Phi) is 5.48. The van der Waals surface area contributed by atoms with Crippen LogP contribution in [0.25, 0.3) is 0 Å². The number of thioether (sulfide) groups is 1. The Bertz CT molecular complexity index is 1170. The first-order valence-corrected chi connectivity index (χ1v) is 10.9. The van der Waals surface area contributed by atoms with Gasteiger partial charge in [-0.15, -0.1) is 16.9 Å². The first-order chi connectivity index (χ1) is 15.1. The number of hydrogen-bond acceptors (Lipinski definition) is 9. The van der Waals surface area contributed by atoms with Gasteiger partial charge in [0, 0.05) is 38.5 Å². The zero-order chi connectivity index (χ0) is 23.4. The van der Waals surface area contributed by atoms with Crippen molar-refractivity contribution in [1.82, 2.24) is 29.8 Å². The minimum atomic E-state index is -1.47. The second-order valence-corrected chi connectivity index (χ2v) is 9.16. The van der Waals surface area contributed by atoms with Gasteiger partial charge in [0.05, 0.1) is 11.4 Å². The summed E-state index contributed by atoms with van der Waals surface area (Å²) in [5.74, 6) is -2.96. The molecule has 0 radical (unpaired) electrons. The maximum atomic E-state index is 13.8. The number of halogens is 1. The Labute approximate surface area is 189 Å². The molecule has 2 amide bonds. The second-order valence-electron chi connectivity index (χ2n) is 7.54. The van der Waals surface area contributed by atoms with Crippen molar-refractivity contribution in [3.8, 4) is 0 Å². The lowest BCUT2D eigenvalue weighted by Crippen LogP contribution is -2.76. The number of carbonyl (C=O) groups is 3. The minimum absolute atomic E-state index is 0.0680. The number of aromatic nitrogens is 5. The molecule has 2 saturated heterocycles. The smallest absolute Gasteiger partial charge is 0.313 e. The predicted molar refractivity (Wildman–Crippen MR) is 112 cm³/mol. The number of amides is 2. The van der Waals surface area contributed by atoms with E-state index in [4.69, 9.17) is 0 Å². The van der Waals surface area contributed by atoms with Crippen LogP contribution in [0.4, 0.5) is 4.39 Å². The number of pyridine rings is 1. The minimum Gasteiger partial charge on any atom is -0.481 e. The molecule has 2 aliphatic heterocycles. The summed E-state index contributed by atoms with van der Waals surface area (Å²) in [6, 6.07) is -0.0307. The van der Waals surface area contributed by atoms with E-state index >= 15 is 0 Å². The van der Waals surface area contributed by atoms with E-state index in [0.717, 1.165) is 21.9 Å². The Hall–Kier alpha value is -2.94. The van der Waals surface area contributed by atoms with E-state index in [0.29, 0.717) is 0 Å². The number of carboxylic acids is 1. The van der Waals surface area contributed by atoms with Gasteiger partial charge in [-0.3, -0.25) is 23.9 Å². The molecule has 3 unspecified atom stereocenters. The van der Waals surface area contributed by atoms with Crippen molar-refractivity contribution in [3.63, 3.8) is 0 Å². The zero-order valence-electron chi connectivity index (χ0n) is 16.8. The van der Waals surface area contributed by atoms with Crippen LogP contribution in [0, 0.1) is 11.2 Å². The summed E-state index contributed by atoms with van der Waals surface area (Å²) in [7, 11) is 1.56. The molecule has 1 N–H and O–H groups in total. The number of carboxylic acid groups (broad SMARTS) is 1. The predicted octanol–water partition coefficient (Wildman–Crippen LogP) is -0.979. The zero-order valence-corrected chi connectivity index (χ0v) is 18.5. The fourth-order valence-corrected chi connectivity index (χ4v) is 6.12. The molecule has 32 heavy (non-hydrogen) atoms. The molecule has 0 spiro atoms. The molecule has 0 aromatic carbocycles. The molecule has 2 aromatic rings. The van der Waals surface area contributed by atoms with Crippen molar-refractivity contribution >= 4 is 42.2 Å². The quantitative estimate of drug-likeness (QED) is 0.405. The van der Waals surface area contributed by atoms with Crippen LogP contribution in [0.2, 0.25) is 0 Å². The van der Waals surface area contributed by atoms with Gasteiger partial charge in [0.1, 0.15) is 10.8 Å². The number of hydrogen-bond donors (Lipinski definition) is 2. The fraction of sp³-hybridized carbons (Fsp3) is 0.471. The number of tetrazole rings is 1. The molecular weight excluding hydrogens is 465 g/mol. The standard InChI is InChI=1S/C17H18FN7O5S2/c1-8(26)25(23-4-3-10(27)9(18)5-23)11-14(28)24-6-17(16(29)30,7-32-15(11)24)12(31)13-19-20-21-22(13)2/h3-5,11-12,15,31H,6-7H2,1-2H3,(H,29,30)/t11?,12?,15-,17?/m1/s1. The summed E-state index contributed by atoms with van der Waals surface area (Å²) in [4.78, 5) is 50.4. The lowest BCUT2D eigenvalue weighted by molar-refractivity contribution is -0.158. The molecule has 170 valence electrons. The van der Waals surface area contributed by atoms with Crippen LogP contribution in [-0.2, 0) is 21.4 Å². The molecule has 4 rings (SSSR count). The normalized spacial score (nSPS) is 25.6. The number of aryl methyl sites for hydroxylation is 1. The molecule has 15 heteroatoms. The largest absolute Gasteiger partial charge is 0.481 e. The van der Waals surface area contributed by atoms with E-state index in [-0.39, 0.29) is 18.1 Å². The van der Waals surface area contributed by atoms with E-state index in [1.54, 1.807) is 7.05 Å². The Balaban J connectivity index is 1.63. The SMILES string of the molecule is CC(=O)N(C1C(=O)N2CC(C(=O)O)(C(S)c3nnnn3C)CS[C@H]12)n1ccc(=O)c(F)c1. The van der Waals surface area contributed by atoms with Gasteiger partial charge < -0.3 is 10.0 Å². The van der Waals surface area contributed by atoms with E-state index in [9.17, 15) is 28.7 Å². The number of rotatable bonds is 5. The van der Waals surface area contributed by atoms with Crippen LogP contribution in [0.5, 0.6) is 0 Å². The molecule has 4 heterocycles. The van der Waals surface area contributed by atoms with Crippen LogP contribution in [0.1, 0.15) is 18.0 Å². The summed E-state index contributed by atoms with van der Waals surface area (Å²) in [5.41, 5.74) is -2.32. The summed E-state index contributed by atoms with van der Waals surface area (Å²) in [5, 5.41) is 20.7. The lowest BCUT2D eigenvalue weighted by atomic mass is 9.83. The maximum absolute atomic E-state index is 13.8. The topological polar surface area (TPSA) is 144 Å². The first kappa shape index (κ1) is 22.3. The third-order valence-electron chi connectivity index (χ3n) is 5.62. The number of β-lactam (4-membered cyclic amide) rings is 1. The maximum Gasteiger partial charge on any atom is 0.313 e. The summed E-state index contributed by atoms with van der Waals surface area (Å²) in [6.45, 7) is 1.05. The molecule has 4 atom stereocenters. The van der Waals surface area contributed by atoms with Gasteiger partial charge in [-0.2, -0.15) is 12.6 Å². The van der Waals surface area contributed by atoms with Gasteiger partial charge in [0.25, 0.3) is 5.91 Å². The lowest BCUT2D eigenvalue weighted by Gasteiger charge is -2.56. The fourth-order valence-electron chi connectivity index (χ4n) is 3.87. The highest BCUT2D eigenvalue weighted by molar-refractivity contribution is 8.00. The molecular formula is C17H18FN7O5S2. The van der Waals surface area contributed by atoms with Crippen LogP contribution in [-0.4, -0.2) is 76.4 Å². The van der Waals surface area contributed by atoms with Crippen LogP contribution < -0.4 is 10.4 Å². The third-order valence-corrected chi connectivity index (χ3v) is 7.88. The van der Waals surface area contributed by atoms with Gasteiger partial charge in [-0.25, -0.2) is 14.1 Å². The molecule has 2 aliphatic rings. The van der Waals surface area contributed by atoms with Crippen molar-refractivity contribution < 1.29 is 23.9 Å². The summed E-state index contributed by atoms with van der Waals surface area (Å²) in [6.07, 6.45) is 2.03. The molecule has 0 bridgehead atoms. The Morgan fingerprint density at radius 2 is 2.16 bits per heavy atom. The van der Waals surface area contributed by atoms with Gasteiger partial charge >= 0.3 is 5.97 Å². The molecule has 2 aromatic heterocycles. The van der Waals surface area contributed by atoms with Crippen LogP contribution in [0.15, 0.2) is 23.3 Å². The van der Waals surface area contributed by atoms with E-state index < -0.39 is 51.1 Å². The average Bonchev–Trinajstić information content (AvgIpc) is 3.18. The summed E-state index contributed by atoms with van der Waals surface area (Å²) >= 11 is 5.66. The Morgan fingerprint density at radius 1 is 1.44 bits per heavy atom. The summed E-state index contributed by atoms with van der Waals surface area (Å²) < 4.78 is 16.2. The van der Waals surface area contributed by atoms with Crippen molar-refractivity contribution in [1.29, 1.82) is 0 Å². The second kappa shape index (κ2) is 7.88. The molecule has 0 aliphatic carbocycles. The average molecular weight is 484 g/mol. The highest BCUT2D eigenvalue weighted by Gasteiger charge is 2.62. The monoisotopic (exact) mass is 483 g/mol. The van der Waals surface area contributed by atoms with E-state index in [1.165, 1.54) is 34.5 Å². The molecule has 12 nitrogen and oxygen atoms in total. The van der Waals surface area contributed by atoms with Gasteiger partial charge in [0.15, 0.2) is 17.7 Å². The third kappa shape index (κ3) is 3.26. The molecule has 0 saturated carbocycles. The highest BCUT2D eigenvalue weighted by atomic mass is 32.2. The number of thiol groups is 1. The van der Waals surface area contributed by atoms with Crippen LogP contribution >= 0.6 is 24.4 Å². The van der Waals surface area contributed by atoms with Crippen molar-refractivity contribution in [3.05, 3.63) is 40.3 Å². The van der Waals surface area contributed by atoms with Gasteiger partial charge in [-0.1, -0.05) is 0 Å². The van der Waals surface area contributed by atoms with E-state index in [1.807, 2.05) is 0 Å². The molecule has 2 fully saturated rings.